The van der Waals surface area contributed by atoms with E-state index < -0.39 is 0 Å². The molecule has 1 fully saturated rings. The monoisotopic (exact) mass is 403 g/mol. The minimum absolute atomic E-state index is 0.0494. The number of hydrogen-bond donors (Lipinski definition) is 3. The molecule has 0 radical (unpaired) electrons. The van der Waals surface area contributed by atoms with Gasteiger partial charge in [0.05, 0.1) is 0 Å². The molecule has 0 spiro atoms. The van der Waals surface area contributed by atoms with Crippen LogP contribution in [-0.2, 0) is 0 Å². The summed E-state index contributed by atoms with van der Waals surface area (Å²) in [6, 6.07) is 0. The fourth-order valence-electron chi connectivity index (χ4n) is 1.62. The summed E-state index contributed by atoms with van der Waals surface area (Å²) >= 11 is 3.86. The van der Waals surface area contributed by atoms with Crippen LogP contribution in [0.4, 0.5) is 9.59 Å². The van der Waals surface area contributed by atoms with E-state index in [0.29, 0.717) is 13.1 Å². The topological polar surface area (TPSA) is 70.2 Å². The van der Waals surface area contributed by atoms with Crippen LogP contribution in [-0.4, -0.2) is 67.8 Å². The van der Waals surface area contributed by atoms with E-state index in [9.17, 15) is 9.59 Å². The zero-order valence-corrected chi connectivity index (χ0v) is 15.0. The summed E-state index contributed by atoms with van der Waals surface area (Å²) in [5.74, 6) is 0. The Bertz CT molecular complexity index is 220. The Morgan fingerprint density at radius 1 is 0.842 bits per heavy atom. The molecule has 0 aromatic carbocycles. The van der Waals surface area contributed by atoms with E-state index in [4.69, 9.17) is 0 Å². The molecule has 19 heavy (non-hydrogen) atoms. The molecule has 0 aromatic heterocycles. The summed E-state index contributed by atoms with van der Waals surface area (Å²) in [6.45, 7) is 3.92. The van der Waals surface area contributed by atoms with Gasteiger partial charge in [0.2, 0.25) is 0 Å². The van der Waals surface area contributed by atoms with Crippen LogP contribution in [0.2, 0.25) is 0 Å². The van der Waals surface area contributed by atoms with Crippen molar-refractivity contribution in [1.82, 2.24) is 16.0 Å². The zero-order chi connectivity index (χ0) is 14.3. The molecule has 1 rings (SSSR count). The van der Waals surface area contributed by atoms with Gasteiger partial charge in [-0.15, -0.1) is 0 Å². The summed E-state index contributed by atoms with van der Waals surface area (Å²) in [4.78, 5) is 20.7. The second-order valence-corrected chi connectivity index (χ2v) is 6.04. The van der Waals surface area contributed by atoms with Crippen molar-refractivity contribution in [2.45, 2.75) is 38.5 Å². The molecular weight excluding hydrogens is 376 g/mol. The van der Waals surface area contributed by atoms with E-state index in [-0.39, 0.29) is 9.61 Å². The predicted molar refractivity (Wildman–Crippen MR) is 81.7 cm³/mol. The van der Waals surface area contributed by atoms with Gasteiger partial charge in [-0.1, -0.05) is 6.42 Å². The minimum atomic E-state index is -0.0494. The van der Waals surface area contributed by atoms with Gasteiger partial charge in [0.1, 0.15) is 0 Å². The summed E-state index contributed by atoms with van der Waals surface area (Å²) < 4.78 is 0. The Labute approximate surface area is 132 Å². The first-order chi connectivity index (χ1) is 9.13. The first-order valence-corrected chi connectivity index (χ1v) is 8.65. The molecule has 0 aliphatic carbocycles. The van der Waals surface area contributed by atoms with Crippen LogP contribution in [0, 0.1) is 0 Å². The van der Waals surface area contributed by atoms with Crippen molar-refractivity contribution in [3.63, 3.8) is 0 Å². The molecular formula is C12H25N3O2Se2. The van der Waals surface area contributed by atoms with Crippen molar-refractivity contribution < 1.29 is 9.59 Å². The average Bonchev–Trinajstić information content (AvgIpc) is 2.40. The van der Waals surface area contributed by atoms with Crippen molar-refractivity contribution in [3.05, 3.63) is 0 Å². The SMILES string of the molecule is C1CCNCC1.O=C([SeH])NCCCCCNC(=O)[SeH]. The number of rotatable bonds is 6. The molecule has 0 unspecified atom stereocenters. The van der Waals surface area contributed by atoms with Crippen LogP contribution < -0.4 is 16.0 Å². The van der Waals surface area contributed by atoms with E-state index in [1.165, 1.54) is 32.4 Å². The molecule has 1 heterocycles. The number of hydrogen-bond acceptors (Lipinski definition) is 3. The van der Waals surface area contributed by atoms with E-state index in [1.807, 2.05) is 32.0 Å². The van der Waals surface area contributed by atoms with Crippen LogP contribution in [0.3, 0.4) is 0 Å². The quantitative estimate of drug-likeness (QED) is 0.438. The van der Waals surface area contributed by atoms with E-state index in [2.05, 4.69) is 16.0 Å². The molecule has 3 N–H and O–H groups in total. The van der Waals surface area contributed by atoms with Gasteiger partial charge in [0, 0.05) is 0 Å². The molecule has 0 bridgehead atoms. The third-order valence-electron chi connectivity index (χ3n) is 2.61. The third kappa shape index (κ3) is 17.9. The number of piperidine rings is 1. The second kappa shape index (κ2) is 14.4. The fraction of sp³-hybridized carbons (Fsp3) is 0.833. The number of carbonyl (C=O) groups excluding carboxylic acids is 2. The number of amides is 2. The normalized spacial score (nSPS) is 14.0. The van der Waals surface area contributed by atoms with Gasteiger partial charge in [-0.3, -0.25) is 0 Å². The van der Waals surface area contributed by atoms with Crippen molar-refractivity contribution >= 4 is 41.6 Å². The molecule has 0 atom stereocenters. The van der Waals surface area contributed by atoms with Gasteiger partial charge < -0.3 is 5.32 Å². The third-order valence-corrected chi connectivity index (χ3v) is 3.28. The van der Waals surface area contributed by atoms with Crippen LogP contribution in [0.15, 0.2) is 0 Å². The van der Waals surface area contributed by atoms with Gasteiger partial charge in [-0.05, 0) is 25.9 Å². The molecule has 1 aliphatic rings. The van der Waals surface area contributed by atoms with Crippen LogP contribution in [0.1, 0.15) is 38.5 Å². The maximum absolute atomic E-state index is 10.4. The molecule has 1 aliphatic heterocycles. The maximum atomic E-state index is 10.4. The van der Waals surface area contributed by atoms with Crippen molar-refractivity contribution in [2.75, 3.05) is 26.2 Å². The average molecular weight is 401 g/mol. The molecule has 1 saturated heterocycles. The first kappa shape index (κ1) is 18.9. The van der Waals surface area contributed by atoms with E-state index in [1.54, 1.807) is 0 Å². The van der Waals surface area contributed by atoms with E-state index >= 15 is 0 Å². The van der Waals surface area contributed by atoms with Crippen molar-refractivity contribution in [1.29, 1.82) is 0 Å². The Balaban J connectivity index is 0.000000443. The molecule has 7 heteroatoms. The Morgan fingerprint density at radius 3 is 1.58 bits per heavy atom. The van der Waals surface area contributed by atoms with Crippen molar-refractivity contribution in [3.8, 4) is 0 Å². The standard InChI is InChI=1S/C7H14N2O2Se2.C5H11N/c10-6(12)8-4-2-1-3-5-9-7(11)13;1-2-4-6-5-3-1/h1-5H2,(H2,8,10,12)(H2,9,11,13);6H,1-5H2. The Hall–Kier alpha value is -0.0610. The molecule has 0 aromatic rings. The summed E-state index contributed by atoms with van der Waals surface area (Å²) in [7, 11) is 0. The van der Waals surface area contributed by atoms with Crippen molar-refractivity contribution in [2.24, 2.45) is 0 Å². The van der Waals surface area contributed by atoms with Gasteiger partial charge in [-0.25, -0.2) is 0 Å². The number of unbranched alkanes of at least 4 members (excludes halogenated alkanes) is 2. The predicted octanol–water partition coefficient (Wildman–Crippen LogP) is 0.137. The van der Waals surface area contributed by atoms with E-state index in [0.717, 1.165) is 19.3 Å². The Kier molecular flexibility index (Phi) is 14.3. The molecule has 2 amide bonds. The van der Waals surface area contributed by atoms with Gasteiger partial charge in [-0.2, -0.15) is 0 Å². The molecule has 0 saturated carbocycles. The van der Waals surface area contributed by atoms with Crippen LogP contribution >= 0.6 is 0 Å². The van der Waals surface area contributed by atoms with Gasteiger partial charge in [0.15, 0.2) is 0 Å². The summed E-state index contributed by atoms with van der Waals surface area (Å²) in [5, 5.41) is 8.66. The van der Waals surface area contributed by atoms with Crippen LogP contribution in [0.5, 0.6) is 0 Å². The second-order valence-electron chi connectivity index (χ2n) is 4.34. The summed E-state index contributed by atoms with van der Waals surface area (Å²) in [5.41, 5.74) is 0. The first-order valence-electron chi connectivity index (χ1n) is 6.77. The van der Waals surface area contributed by atoms with Crippen LogP contribution in [0.25, 0.3) is 0 Å². The molecule has 5 nitrogen and oxygen atoms in total. The summed E-state index contributed by atoms with van der Waals surface area (Å²) in [6.07, 6.45) is 7.14. The number of carbonyl (C=O) groups is 2. The fourth-order valence-corrected chi connectivity index (χ4v) is 2.09. The van der Waals surface area contributed by atoms with Gasteiger partial charge >= 0.3 is 94.2 Å². The zero-order valence-electron chi connectivity index (χ0n) is 11.3. The van der Waals surface area contributed by atoms with Gasteiger partial charge in [0.25, 0.3) is 0 Å². The molecule has 112 valence electrons. The number of nitrogens with one attached hydrogen (secondary N) is 3. The Morgan fingerprint density at radius 2 is 1.32 bits per heavy atom.